The number of hydrogen-bond acceptors (Lipinski definition) is 4. The molecule has 0 fully saturated rings. The van der Waals surface area contributed by atoms with Crippen molar-refractivity contribution in [3.63, 3.8) is 0 Å². The van der Waals surface area contributed by atoms with E-state index in [1.165, 1.54) is 0 Å². The minimum absolute atomic E-state index is 0.0807. The van der Waals surface area contributed by atoms with Crippen molar-refractivity contribution in [2.45, 2.75) is 18.2 Å². The van der Waals surface area contributed by atoms with Gasteiger partial charge < -0.3 is 10.1 Å². The van der Waals surface area contributed by atoms with Crippen molar-refractivity contribution < 1.29 is 9.53 Å². The number of benzene rings is 1. The average molecular weight is 288 g/mol. The monoisotopic (exact) mass is 288 g/mol. The van der Waals surface area contributed by atoms with Gasteiger partial charge in [-0.2, -0.15) is 0 Å². The molecule has 1 aromatic carbocycles. The van der Waals surface area contributed by atoms with E-state index in [1.54, 1.807) is 18.3 Å². The lowest BCUT2D eigenvalue weighted by Crippen LogP contribution is -2.14. The number of aromatic nitrogens is 1. The molecule has 0 atom stereocenters. The molecule has 0 saturated carbocycles. The second-order valence-electron chi connectivity index (χ2n) is 4.21. The van der Waals surface area contributed by atoms with Crippen LogP contribution in [0.25, 0.3) is 0 Å². The molecule has 0 bridgehead atoms. The molecule has 0 aliphatic carbocycles. The van der Waals surface area contributed by atoms with Crippen LogP contribution in [0.3, 0.4) is 0 Å². The van der Waals surface area contributed by atoms with Crippen molar-refractivity contribution in [2.75, 3.05) is 11.9 Å². The molecule has 1 heterocycles. The third-order valence-electron chi connectivity index (χ3n) is 2.61. The highest BCUT2D eigenvalue weighted by Crippen LogP contribution is 2.13. The quantitative estimate of drug-likeness (QED) is 0.832. The molecule has 1 N–H and O–H groups in total. The van der Waals surface area contributed by atoms with Crippen molar-refractivity contribution in [2.24, 2.45) is 0 Å². The van der Waals surface area contributed by atoms with Gasteiger partial charge in [-0.15, -0.1) is 12.6 Å². The van der Waals surface area contributed by atoms with Gasteiger partial charge in [-0.05, 0) is 30.7 Å². The summed E-state index contributed by atoms with van der Waals surface area (Å²) < 4.78 is 5.24. The largest absolute Gasteiger partial charge is 0.478 e. The third-order valence-corrected chi connectivity index (χ3v) is 2.91. The van der Waals surface area contributed by atoms with E-state index >= 15 is 0 Å². The van der Waals surface area contributed by atoms with Crippen LogP contribution in [-0.2, 0) is 11.2 Å². The first kappa shape index (κ1) is 14.4. The van der Waals surface area contributed by atoms with Crippen molar-refractivity contribution in [1.29, 1.82) is 0 Å². The van der Waals surface area contributed by atoms with E-state index in [1.807, 2.05) is 31.2 Å². The molecular weight excluding hydrogens is 272 g/mol. The summed E-state index contributed by atoms with van der Waals surface area (Å²) in [5.41, 5.74) is 1.60. The molecule has 104 valence electrons. The summed E-state index contributed by atoms with van der Waals surface area (Å²) in [7, 11) is 0. The molecule has 1 amide bonds. The lowest BCUT2D eigenvalue weighted by atomic mass is 10.1. The number of anilines is 1. The van der Waals surface area contributed by atoms with Gasteiger partial charge in [0.2, 0.25) is 11.8 Å². The highest BCUT2D eigenvalue weighted by atomic mass is 32.1. The van der Waals surface area contributed by atoms with Gasteiger partial charge in [-0.1, -0.05) is 12.1 Å². The van der Waals surface area contributed by atoms with Crippen LogP contribution in [0.15, 0.2) is 47.5 Å². The minimum atomic E-state index is -0.0807. The van der Waals surface area contributed by atoms with E-state index in [0.717, 1.165) is 10.5 Å². The SMILES string of the molecule is CCOc1ccc(NC(=O)Cc2ccc(S)cc2)cn1. The number of ether oxygens (including phenoxy) is 1. The molecule has 0 aliphatic heterocycles. The van der Waals surface area contributed by atoms with E-state index in [2.05, 4.69) is 22.9 Å². The topological polar surface area (TPSA) is 51.2 Å². The standard InChI is InChI=1S/C15H16N2O2S/c1-2-19-15-8-5-12(10-16-15)17-14(18)9-11-3-6-13(20)7-4-11/h3-8,10,20H,2,9H2,1H3,(H,17,18). The average Bonchev–Trinajstić information content (AvgIpc) is 2.44. The summed E-state index contributed by atoms with van der Waals surface area (Å²) in [5, 5.41) is 2.80. The minimum Gasteiger partial charge on any atom is -0.478 e. The summed E-state index contributed by atoms with van der Waals surface area (Å²) >= 11 is 4.21. The summed E-state index contributed by atoms with van der Waals surface area (Å²) in [6, 6.07) is 11.0. The first-order valence-electron chi connectivity index (χ1n) is 6.34. The number of nitrogens with one attached hydrogen (secondary N) is 1. The number of carbonyl (C=O) groups excluding carboxylic acids is 1. The summed E-state index contributed by atoms with van der Waals surface area (Å²) in [5.74, 6) is 0.470. The zero-order valence-electron chi connectivity index (χ0n) is 11.2. The van der Waals surface area contributed by atoms with Gasteiger partial charge in [-0.3, -0.25) is 4.79 Å². The van der Waals surface area contributed by atoms with Crippen molar-refractivity contribution in [3.05, 3.63) is 48.2 Å². The Morgan fingerprint density at radius 3 is 2.60 bits per heavy atom. The predicted molar refractivity (Wildman–Crippen MR) is 81.4 cm³/mol. The van der Waals surface area contributed by atoms with Crippen LogP contribution >= 0.6 is 12.6 Å². The van der Waals surface area contributed by atoms with E-state index in [4.69, 9.17) is 4.74 Å². The van der Waals surface area contributed by atoms with Gasteiger partial charge in [0.25, 0.3) is 0 Å². The number of amides is 1. The van der Waals surface area contributed by atoms with Gasteiger partial charge in [0.15, 0.2) is 0 Å². The number of pyridine rings is 1. The van der Waals surface area contributed by atoms with Crippen molar-refractivity contribution >= 4 is 24.2 Å². The van der Waals surface area contributed by atoms with Crippen LogP contribution in [0, 0.1) is 0 Å². The first-order valence-corrected chi connectivity index (χ1v) is 6.78. The highest BCUT2D eigenvalue weighted by molar-refractivity contribution is 7.80. The molecule has 20 heavy (non-hydrogen) atoms. The van der Waals surface area contributed by atoms with Gasteiger partial charge in [0.05, 0.1) is 24.9 Å². The maximum absolute atomic E-state index is 11.9. The van der Waals surface area contributed by atoms with Gasteiger partial charge in [-0.25, -0.2) is 4.98 Å². The fourth-order valence-corrected chi connectivity index (χ4v) is 1.84. The number of thiol groups is 1. The van der Waals surface area contributed by atoms with Crippen LogP contribution in [0.5, 0.6) is 5.88 Å². The molecule has 2 rings (SSSR count). The first-order chi connectivity index (χ1) is 9.67. The van der Waals surface area contributed by atoms with Crippen LogP contribution in [0.1, 0.15) is 12.5 Å². The smallest absolute Gasteiger partial charge is 0.228 e. The summed E-state index contributed by atoms with van der Waals surface area (Å²) in [4.78, 5) is 16.9. The Morgan fingerprint density at radius 2 is 2.00 bits per heavy atom. The molecule has 5 heteroatoms. The van der Waals surface area contributed by atoms with E-state index in [0.29, 0.717) is 24.6 Å². The maximum Gasteiger partial charge on any atom is 0.228 e. The van der Waals surface area contributed by atoms with Crippen LogP contribution in [-0.4, -0.2) is 17.5 Å². The molecule has 4 nitrogen and oxygen atoms in total. The zero-order chi connectivity index (χ0) is 14.4. The van der Waals surface area contributed by atoms with Gasteiger partial charge >= 0.3 is 0 Å². The van der Waals surface area contributed by atoms with E-state index < -0.39 is 0 Å². The Labute approximate surface area is 123 Å². The highest BCUT2D eigenvalue weighted by Gasteiger charge is 2.04. The third kappa shape index (κ3) is 4.28. The molecule has 2 aromatic rings. The van der Waals surface area contributed by atoms with E-state index in [-0.39, 0.29) is 5.91 Å². The normalized spacial score (nSPS) is 10.1. The maximum atomic E-state index is 11.9. The zero-order valence-corrected chi connectivity index (χ0v) is 12.1. The second-order valence-corrected chi connectivity index (χ2v) is 4.73. The van der Waals surface area contributed by atoms with Crippen molar-refractivity contribution in [3.8, 4) is 5.88 Å². The fourth-order valence-electron chi connectivity index (χ4n) is 1.69. The molecule has 0 unspecified atom stereocenters. The van der Waals surface area contributed by atoms with Crippen molar-refractivity contribution in [1.82, 2.24) is 4.98 Å². The predicted octanol–water partition coefficient (Wildman–Crippen LogP) is 2.95. The number of carbonyl (C=O) groups is 1. The molecule has 0 radical (unpaired) electrons. The fraction of sp³-hybridized carbons (Fsp3) is 0.200. The number of hydrogen-bond donors (Lipinski definition) is 2. The molecular formula is C15H16N2O2S. The Bertz CT molecular complexity index is 567. The Kier molecular flexibility index (Phi) is 5.01. The number of nitrogens with zero attached hydrogens (tertiary/aromatic N) is 1. The molecule has 0 aliphatic rings. The van der Waals surface area contributed by atoms with Gasteiger partial charge in [0.1, 0.15) is 0 Å². The van der Waals surface area contributed by atoms with Crippen LogP contribution in [0.4, 0.5) is 5.69 Å². The summed E-state index contributed by atoms with van der Waals surface area (Å²) in [6.07, 6.45) is 1.90. The lowest BCUT2D eigenvalue weighted by Gasteiger charge is -2.06. The van der Waals surface area contributed by atoms with Crippen LogP contribution in [0.2, 0.25) is 0 Å². The van der Waals surface area contributed by atoms with Gasteiger partial charge in [0, 0.05) is 11.0 Å². The number of rotatable bonds is 5. The Balaban J connectivity index is 1.92. The second kappa shape index (κ2) is 6.96. The summed E-state index contributed by atoms with van der Waals surface area (Å²) in [6.45, 7) is 2.47. The van der Waals surface area contributed by atoms with E-state index in [9.17, 15) is 4.79 Å². The molecule has 1 aromatic heterocycles. The van der Waals surface area contributed by atoms with Crippen LogP contribution < -0.4 is 10.1 Å². The molecule has 0 spiro atoms. The Morgan fingerprint density at radius 1 is 1.25 bits per heavy atom. The molecule has 0 saturated heterocycles. The lowest BCUT2D eigenvalue weighted by molar-refractivity contribution is -0.115. The Hall–Kier alpha value is -2.01.